The van der Waals surface area contributed by atoms with Gasteiger partial charge in [0.2, 0.25) is 0 Å². The van der Waals surface area contributed by atoms with Gasteiger partial charge in [-0.2, -0.15) is 0 Å². The van der Waals surface area contributed by atoms with Crippen molar-refractivity contribution in [2.24, 2.45) is 0 Å². The highest BCUT2D eigenvalue weighted by Crippen LogP contribution is 2.53. The molecular weight excluding hydrogens is 520 g/mol. The average molecular weight is 559 g/mol. The van der Waals surface area contributed by atoms with Gasteiger partial charge in [-0.15, -0.1) is 0 Å². The number of carbonyl (C=O) groups is 3. The van der Waals surface area contributed by atoms with E-state index in [4.69, 9.17) is 4.74 Å². The maximum atomic E-state index is 13.1. The number of imidazole rings is 1. The van der Waals surface area contributed by atoms with E-state index in [1.807, 2.05) is 63.4 Å². The molecule has 1 fully saturated rings. The Bertz CT molecular complexity index is 1430. The van der Waals surface area contributed by atoms with Gasteiger partial charge in [0.05, 0.1) is 17.4 Å². The van der Waals surface area contributed by atoms with Gasteiger partial charge in [0.1, 0.15) is 5.60 Å². The van der Waals surface area contributed by atoms with E-state index in [2.05, 4.69) is 25.1 Å². The molecule has 1 aromatic heterocycles. The molecule has 2 heterocycles. The van der Waals surface area contributed by atoms with E-state index in [9.17, 15) is 14.4 Å². The van der Waals surface area contributed by atoms with Crippen molar-refractivity contribution >= 4 is 23.6 Å². The molecule has 10 heteroatoms. The van der Waals surface area contributed by atoms with Crippen LogP contribution in [0.5, 0.6) is 0 Å². The zero-order chi connectivity index (χ0) is 29.4. The number of nitrogens with one attached hydrogen (secondary N) is 2. The number of aromatic nitrogens is 2. The Morgan fingerprint density at radius 3 is 2.24 bits per heavy atom. The second-order valence-electron chi connectivity index (χ2n) is 12.0. The monoisotopic (exact) mass is 558 g/mol. The smallest absolute Gasteiger partial charge is 0.412 e. The number of amides is 3. The lowest BCUT2D eigenvalue weighted by Gasteiger charge is -2.37. The number of carbonyl (C=O) groups excluding carboxylic acids is 3. The van der Waals surface area contributed by atoms with Gasteiger partial charge < -0.3 is 19.5 Å². The first-order valence-electron chi connectivity index (χ1n) is 13.9. The van der Waals surface area contributed by atoms with Crippen LogP contribution in [-0.2, 0) is 29.9 Å². The highest BCUT2D eigenvalue weighted by molar-refractivity contribution is 5.94. The molecule has 0 saturated heterocycles. The van der Waals surface area contributed by atoms with E-state index in [0.717, 1.165) is 42.8 Å². The van der Waals surface area contributed by atoms with E-state index in [1.54, 1.807) is 31.1 Å². The molecule has 0 unspecified atom stereocenters. The molecule has 0 radical (unpaired) electrons. The minimum atomic E-state index is -0.571. The molecule has 216 valence electrons. The second-order valence-corrected chi connectivity index (χ2v) is 12.0. The van der Waals surface area contributed by atoms with Crippen LogP contribution >= 0.6 is 0 Å². The Hall–Kier alpha value is -4.18. The summed E-state index contributed by atoms with van der Waals surface area (Å²) in [6, 6.07) is 15.1. The predicted octanol–water partition coefficient (Wildman–Crippen LogP) is 4.37. The molecule has 1 spiro atoms. The van der Waals surface area contributed by atoms with Crippen molar-refractivity contribution < 1.29 is 19.1 Å². The maximum absolute atomic E-state index is 13.1. The molecule has 1 saturated carbocycles. The first kappa shape index (κ1) is 28.4. The van der Waals surface area contributed by atoms with Crippen molar-refractivity contribution in [3.63, 3.8) is 0 Å². The Balaban J connectivity index is 1.19. The lowest BCUT2D eigenvalue weighted by molar-refractivity contribution is 0.0635. The number of ether oxygens (including phenoxy) is 1. The normalized spacial score (nSPS) is 15.6. The third kappa shape index (κ3) is 6.27. The summed E-state index contributed by atoms with van der Waals surface area (Å²) in [7, 11) is 3.51. The van der Waals surface area contributed by atoms with Crippen molar-refractivity contribution in [2.45, 2.75) is 64.4 Å². The minimum absolute atomic E-state index is 0.00453. The van der Waals surface area contributed by atoms with E-state index in [0.29, 0.717) is 30.2 Å². The quantitative estimate of drug-likeness (QED) is 0.446. The van der Waals surface area contributed by atoms with Crippen LogP contribution in [0.25, 0.3) is 0 Å². The first-order valence-corrected chi connectivity index (χ1v) is 13.9. The number of hydrogen-bond donors (Lipinski definition) is 2. The fourth-order valence-corrected chi connectivity index (χ4v) is 5.29. The Kier molecular flexibility index (Phi) is 7.61. The second kappa shape index (κ2) is 11.0. The van der Waals surface area contributed by atoms with Crippen molar-refractivity contribution in [3.8, 4) is 0 Å². The van der Waals surface area contributed by atoms with Gasteiger partial charge in [0, 0.05) is 51.5 Å². The van der Waals surface area contributed by atoms with Crippen LogP contribution < -0.4 is 10.6 Å². The summed E-state index contributed by atoms with van der Waals surface area (Å²) in [5, 5.41) is 5.69. The average Bonchev–Trinajstić information content (AvgIpc) is 3.58. The molecule has 1 aliphatic heterocycles. The fourth-order valence-electron chi connectivity index (χ4n) is 5.29. The van der Waals surface area contributed by atoms with Gasteiger partial charge in [-0.25, -0.2) is 9.78 Å². The molecule has 2 N–H and O–H groups in total. The molecule has 1 aliphatic carbocycles. The maximum Gasteiger partial charge on any atom is 0.412 e. The van der Waals surface area contributed by atoms with Crippen molar-refractivity contribution in [1.82, 2.24) is 24.7 Å². The topological polar surface area (TPSA) is 109 Å². The summed E-state index contributed by atoms with van der Waals surface area (Å²) < 4.78 is 7.34. The molecule has 2 aliphatic rings. The minimum Gasteiger partial charge on any atom is -0.444 e. The summed E-state index contributed by atoms with van der Waals surface area (Å²) in [6.07, 6.45) is 3.40. The zero-order valence-electron chi connectivity index (χ0n) is 24.4. The zero-order valence-corrected chi connectivity index (χ0v) is 24.4. The van der Waals surface area contributed by atoms with Gasteiger partial charge in [-0.1, -0.05) is 24.3 Å². The number of hydrogen-bond acceptors (Lipinski definition) is 6. The largest absolute Gasteiger partial charge is 0.444 e. The standard InChI is InChI=1S/C31H38N6O4/c1-30(2,3)41-29(40)34-24-12-8-21(9-13-24)18-33-27(38)26-32-19-25-31(14-15-31)36(16-17-37(25)26)20-22-6-10-23(11-7-22)28(39)35(4)5/h6-13,19H,14-18,20H2,1-5H3,(H,33,38)(H,34,40). The molecule has 3 amide bonds. The third-order valence-electron chi connectivity index (χ3n) is 7.49. The SMILES string of the molecule is CN(C)C(=O)c1ccc(CN2CCn3c(cnc3C(=O)NCc3ccc(NC(=O)OC(C)(C)C)cc3)C23CC3)cc1. The molecule has 0 atom stereocenters. The van der Waals surface area contributed by atoms with Crippen molar-refractivity contribution in [1.29, 1.82) is 0 Å². The van der Waals surface area contributed by atoms with Crippen molar-refractivity contribution in [3.05, 3.63) is 82.9 Å². The summed E-state index contributed by atoms with van der Waals surface area (Å²) in [6.45, 7) is 8.06. The predicted molar refractivity (Wildman–Crippen MR) is 155 cm³/mol. The molecule has 10 nitrogen and oxygen atoms in total. The van der Waals surface area contributed by atoms with Crippen LogP contribution in [0.15, 0.2) is 54.7 Å². The van der Waals surface area contributed by atoms with Crippen LogP contribution in [0.2, 0.25) is 0 Å². The van der Waals surface area contributed by atoms with Crippen LogP contribution in [0.4, 0.5) is 10.5 Å². The van der Waals surface area contributed by atoms with E-state index in [1.165, 1.54) is 0 Å². The Morgan fingerprint density at radius 1 is 0.976 bits per heavy atom. The van der Waals surface area contributed by atoms with E-state index < -0.39 is 11.7 Å². The van der Waals surface area contributed by atoms with E-state index >= 15 is 0 Å². The fraction of sp³-hybridized carbons (Fsp3) is 0.419. The summed E-state index contributed by atoms with van der Waals surface area (Å²) in [4.78, 5) is 45.9. The lowest BCUT2D eigenvalue weighted by Crippen LogP contribution is -2.44. The highest BCUT2D eigenvalue weighted by Gasteiger charge is 2.53. The molecular formula is C31H38N6O4. The van der Waals surface area contributed by atoms with Crippen LogP contribution in [-0.4, -0.2) is 63.5 Å². The summed E-state index contributed by atoms with van der Waals surface area (Å²) in [5.74, 6) is 0.216. The van der Waals surface area contributed by atoms with Crippen LogP contribution in [0, 0.1) is 0 Å². The van der Waals surface area contributed by atoms with Gasteiger partial charge in [0.15, 0.2) is 5.82 Å². The van der Waals surface area contributed by atoms with Gasteiger partial charge in [-0.05, 0) is 69.0 Å². The summed E-state index contributed by atoms with van der Waals surface area (Å²) >= 11 is 0. The number of anilines is 1. The molecule has 3 aromatic rings. The Morgan fingerprint density at radius 2 is 1.63 bits per heavy atom. The first-order chi connectivity index (χ1) is 19.4. The van der Waals surface area contributed by atoms with Gasteiger partial charge >= 0.3 is 6.09 Å². The third-order valence-corrected chi connectivity index (χ3v) is 7.49. The van der Waals surface area contributed by atoms with Crippen LogP contribution in [0.3, 0.4) is 0 Å². The number of benzene rings is 2. The molecule has 2 aromatic carbocycles. The summed E-state index contributed by atoms with van der Waals surface area (Å²) in [5.41, 5.74) is 3.78. The number of rotatable bonds is 7. The molecule has 41 heavy (non-hydrogen) atoms. The van der Waals surface area contributed by atoms with Crippen molar-refractivity contribution in [2.75, 3.05) is 26.0 Å². The highest BCUT2D eigenvalue weighted by atomic mass is 16.6. The van der Waals surface area contributed by atoms with E-state index in [-0.39, 0.29) is 17.4 Å². The Labute approximate surface area is 240 Å². The lowest BCUT2D eigenvalue weighted by atomic mass is 10.0. The van der Waals surface area contributed by atoms with Crippen LogP contribution in [0.1, 0.15) is 71.4 Å². The molecule has 5 rings (SSSR count). The van der Waals surface area contributed by atoms with Gasteiger partial charge in [-0.3, -0.25) is 19.8 Å². The number of fused-ring (bicyclic) bond motifs is 2. The molecule has 0 bridgehead atoms. The van der Waals surface area contributed by atoms with Gasteiger partial charge in [0.25, 0.3) is 11.8 Å². The number of nitrogens with zero attached hydrogens (tertiary/aromatic N) is 4.